The van der Waals surface area contributed by atoms with Gasteiger partial charge >= 0.3 is 0 Å². The van der Waals surface area contributed by atoms with Crippen molar-refractivity contribution in [3.63, 3.8) is 0 Å². The van der Waals surface area contributed by atoms with E-state index in [1.807, 2.05) is 6.92 Å². The molecular formula is C11H25NO. The van der Waals surface area contributed by atoms with E-state index in [1.54, 1.807) is 0 Å². The molecule has 0 spiro atoms. The second-order valence-electron chi connectivity index (χ2n) is 4.05. The molecule has 0 aromatic heterocycles. The smallest absolute Gasteiger partial charge is 0.0771 e. The molecule has 0 aliphatic rings. The molecule has 0 saturated carbocycles. The first kappa shape index (κ1) is 12.9. The molecule has 0 radical (unpaired) electrons. The quantitative estimate of drug-likeness (QED) is 0.599. The first-order chi connectivity index (χ1) is 6.08. The van der Waals surface area contributed by atoms with Crippen molar-refractivity contribution in [3.8, 4) is 0 Å². The maximum absolute atomic E-state index is 10.1. The molecule has 0 rings (SSSR count). The topological polar surface area (TPSA) is 32.3 Å². The third kappa shape index (κ3) is 4.63. The summed E-state index contributed by atoms with van der Waals surface area (Å²) >= 11 is 0. The van der Waals surface area contributed by atoms with Crippen molar-refractivity contribution in [2.75, 3.05) is 13.1 Å². The van der Waals surface area contributed by atoms with Crippen LogP contribution in [0.5, 0.6) is 0 Å². The van der Waals surface area contributed by atoms with Crippen LogP contribution in [-0.4, -0.2) is 23.8 Å². The van der Waals surface area contributed by atoms with Gasteiger partial charge in [0, 0.05) is 6.54 Å². The first-order valence-corrected chi connectivity index (χ1v) is 5.51. The van der Waals surface area contributed by atoms with Crippen LogP contribution in [0.3, 0.4) is 0 Å². The summed E-state index contributed by atoms with van der Waals surface area (Å²) < 4.78 is 0. The molecular weight excluding hydrogens is 162 g/mol. The number of nitrogens with one attached hydrogen (secondary N) is 1. The minimum absolute atomic E-state index is 0.414. The average molecular weight is 187 g/mol. The van der Waals surface area contributed by atoms with Crippen LogP contribution >= 0.6 is 0 Å². The van der Waals surface area contributed by atoms with Crippen LogP contribution in [0.15, 0.2) is 0 Å². The minimum Gasteiger partial charge on any atom is -0.389 e. The van der Waals surface area contributed by atoms with Crippen LogP contribution in [0.1, 0.15) is 47.0 Å². The van der Waals surface area contributed by atoms with Crippen LogP contribution in [0.25, 0.3) is 0 Å². The highest BCUT2D eigenvalue weighted by Gasteiger charge is 2.28. The van der Waals surface area contributed by atoms with Gasteiger partial charge in [-0.1, -0.05) is 33.6 Å². The first-order valence-electron chi connectivity index (χ1n) is 5.51. The van der Waals surface area contributed by atoms with Crippen LogP contribution in [0.4, 0.5) is 0 Å². The van der Waals surface area contributed by atoms with Crippen molar-refractivity contribution in [3.05, 3.63) is 0 Å². The minimum atomic E-state index is -0.543. The Bertz CT molecular complexity index is 119. The second-order valence-corrected chi connectivity index (χ2v) is 4.05. The highest BCUT2D eigenvalue weighted by Crippen LogP contribution is 2.22. The van der Waals surface area contributed by atoms with Gasteiger partial charge in [-0.2, -0.15) is 0 Å². The molecule has 0 saturated heterocycles. The van der Waals surface area contributed by atoms with Crippen molar-refractivity contribution in [2.24, 2.45) is 5.92 Å². The van der Waals surface area contributed by atoms with E-state index in [0.29, 0.717) is 12.5 Å². The van der Waals surface area contributed by atoms with Gasteiger partial charge in [0.15, 0.2) is 0 Å². The largest absolute Gasteiger partial charge is 0.389 e. The number of rotatable bonds is 7. The zero-order chi connectivity index (χ0) is 10.3. The maximum atomic E-state index is 10.1. The van der Waals surface area contributed by atoms with Gasteiger partial charge in [0.1, 0.15) is 0 Å². The molecule has 0 aliphatic heterocycles. The fourth-order valence-electron chi connectivity index (χ4n) is 1.83. The fourth-order valence-corrected chi connectivity index (χ4v) is 1.83. The van der Waals surface area contributed by atoms with Crippen molar-refractivity contribution in [1.29, 1.82) is 0 Å². The zero-order valence-corrected chi connectivity index (χ0v) is 9.56. The lowest BCUT2D eigenvalue weighted by Crippen LogP contribution is -2.44. The molecule has 0 aromatic rings. The van der Waals surface area contributed by atoms with Crippen LogP contribution in [0.2, 0.25) is 0 Å². The van der Waals surface area contributed by atoms with Crippen molar-refractivity contribution in [2.45, 2.75) is 52.6 Å². The lowest BCUT2D eigenvalue weighted by atomic mass is 9.85. The van der Waals surface area contributed by atoms with Gasteiger partial charge in [0.05, 0.1) is 5.60 Å². The Morgan fingerprint density at radius 3 is 2.15 bits per heavy atom. The molecule has 0 aromatic carbocycles. The Morgan fingerprint density at radius 2 is 1.77 bits per heavy atom. The number of hydrogen-bond donors (Lipinski definition) is 2. The molecule has 2 N–H and O–H groups in total. The van der Waals surface area contributed by atoms with Gasteiger partial charge in [0.2, 0.25) is 0 Å². The van der Waals surface area contributed by atoms with Crippen molar-refractivity contribution >= 4 is 0 Å². The standard InChI is InChI=1S/C11H25NO/c1-5-8-12-9-11(4,13)10(6-2)7-3/h10,12-13H,5-9H2,1-4H3. The zero-order valence-electron chi connectivity index (χ0n) is 9.56. The summed E-state index contributed by atoms with van der Waals surface area (Å²) in [5.74, 6) is 0.414. The third-order valence-corrected chi connectivity index (χ3v) is 2.77. The summed E-state index contributed by atoms with van der Waals surface area (Å²) in [7, 11) is 0. The molecule has 0 fully saturated rings. The SMILES string of the molecule is CCCNCC(C)(O)C(CC)CC. The summed E-state index contributed by atoms with van der Waals surface area (Å²) in [6, 6.07) is 0. The van der Waals surface area contributed by atoms with E-state index >= 15 is 0 Å². The van der Waals surface area contributed by atoms with Gasteiger partial charge in [-0.15, -0.1) is 0 Å². The van der Waals surface area contributed by atoms with Crippen LogP contribution < -0.4 is 5.32 Å². The van der Waals surface area contributed by atoms with Gasteiger partial charge < -0.3 is 10.4 Å². The molecule has 80 valence electrons. The second kappa shape index (κ2) is 6.39. The molecule has 0 heterocycles. The Morgan fingerprint density at radius 1 is 1.23 bits per heavy atom. The van der Waals surface area contributed by atoms with Gasteiger partial charge in [-0.3, -0.25) is 0 Å². The van der Waals surface area contributed by atoms with E-state index in [2.05, 4.69) is 26.1 Å². The van der Waals surface area contributed by atoms with Crippen molar-refractivity contribution in [1.82, 2.24) is 5.32 Å². The molecule has 2 nitrogen and oxygen atoms in total. The Balaban J connectivity index is 3.88. The molecule has 0 amide bonds. The van der Waals surface area contributed by atoms with E-state index in [0.717, 1.165) is 25.8 Å². The van der Waals surface area contributed by atoms with Gasteiger partial charge in [-0.05, 0) is 25.8 Å². The Hall–Kier alpha value is -0.0800. The summed E-state index contributed by atoms with van der Waals surface area (Å²) in [4.78, 5) is 0. The number of hydrogen-bond acceptors (Lipinski definition) is 2. The summed E-state index contributed by atoms with van der Waals surface area (Å²) in [6.07, 6.45) is 3.23. The van der Waals surface area contributed by atoms with E-state index in [-0.39, 0.29) is 0 Å². The summed E-state index contributed by atoms with van der Waals surface area (Å²) in [5.41, 5.74) is -0.543. The molecule has 13 heavy (non-hydrogen) atoms. The monoisotopic (exact) mass is 187 g/mol. The van der Waals surface area contributed by atoms with E-state index in [1.165, 1.54) is 0 Å². The van der Waals surface area contributed by atoms with E-state index < -0.39 is 5.60 Å². The molecule has 0 aliphatic carbocycles. The highest BCUT2D eigenvalue weighted by molar-refractivity contribution is 4.82. The van der Waals surface area contributed by atoms with Crippen molar-refractivity contribution < 1.29 is 5.11 Å². The lowest BCUT2D eigenvalue weighted by Gasteiger charge is -2.32. The van der Waals surface area contributed by atoms with E-state index in [9.17, 15) is 5.11 Å². The lowest BCUT2D eigenvalue weighted by molar-refractivity contribution is -0.00332. The predicted molar refractivity (Wildman–Crippen MR) is 57.9 cm³/mol. The molecule has 0 bridgehead atoms. The van der Waals surface area contributed by atoms with Crippen LogP contribution in [-0.2, 0) is 0 Å². The van der Waals surface area contributed by atoms with Crippen LogP contribution in [0, 0.1) is 5.92 Å². The van der Waals surface area contributed by atoms with Gasteiger partial charge in [0.25, 0.3) is 0 Å². The van der Waals surface area contributed by atoms with Gasteiger partial charge in [-0.25, -0.2) is 0 Å². The molecule has 1 unspecified atom stereocenters. The normalized spacial score (nSPS) is 16.2. The molecule has 2 heteroatoms. The molecule has 1 atom stereocenters. The summed E-state index contributed by atoms with van der Waals surface area (Å²) in [6.45, 7) is 10.1. The predicted octanol–water partition coefficient (Wildman–Crippen LogP) is 2.17. The van der Waals surface area contributed by atoms with E-state index in [4.69, 9.17) is 0 Å². The summed E-state index contributed by atoms with van der Waals surface area (Å²) in [5, 5.41) is 13.4. The highest BCUT2D eigenvalue weighted by atomic mass is 16.3. The fraction of sp³-hybridized carbons (Fsp3) is 1.00. The third-order valence-electron chi connectivity index (χ3n) is 2.77. The maximum Gasteiger partial charge on any atom is 0.0771 e. The Kier molecular flexibility index (Phi) is 6.35. The Labute approximate surface area is 82.7 Å². The average Bonchev–Trinajstić information content (AvgIpc) is 2.06. The number of aliphatic hydroxyl groups is 1.